The molecule has 1 aromatic carbocycles. The smallest absolute Gasteiger partial charge is 0.358 e. The van der Waals surface area contributed by atoms with Gasteiger partial charge in [0.15, 0.2) is 10.7 Å². The Balaban J connectivity index is 1.83. The largest absolute Gasteiger partial charge is 0.476 e. The molecule has 0 saturated heterocycles. The van der Waals surface area contributed by atoms with E-state index in [9.17, 15) is 13.2 Å². The first-order chi connectivity index (χ1) is 12.4. The molecule has 0 aliphatic rings. The van der Waals surface area contributed by atoms with Crippen molar-refractivity contribution >= 4 is 21.7 Å². The number of aromatic nitrogens is 4. The van der Waals surface area contributed by atoms with Crippen molar-refractivity contribution in [2.75, 3.05) is 4.72 Å². The number of nitrogens with zero attached hydrogens (tertiary/aromatic N) is 4. The Bertz CT molecular complexity index is 1020. The number of anilines is 1. The molecule has 2 heterocycles. The van der Waals surface area contributed by atoms with Crippen LogP contribution < -0.4 is 4.72 Å². The molecule has 0 atom stereocenters. The van der Waals surface area contributed by atoms with E-state index in [2.05, 4.69) is 14.9 Å². The standard InChI is InChI=1S/C16H17N5O4S/c1-20-11-13(15(18-20)16(22)23)19-26(24,25)14-7-9-17-21(14)10-8-12-5-3-2-4-6-12/h2-7,9,11,19H,8,10H2,1H3,(H,22,23). The molecule has 136 valence electrons. The first-order valence-corrected chi connectivity index (χ1v) is 9.20. The highest BCUT2D eigenvalue weighted by atomic mass is 32.2. The highest BCUT2D eigenvalue weighted by Gasteiger charge is 2.24. The second-order valence-electron chi connectivity index (χ2n) is 5.60. The molecular formula is C16H17N5O4S. The number of carbonyl (C=O) groups is 1. The summed E-state index contributed by atoms with van der Waals surface area (Å²) in [5.74, 6) is -1.32. The summed E-state index contributed by atoms with van der Waals surface area (Å²) in [5.41, 5.74) is 0.585. The molecule has 0 fully saturated rings. The molecule has 3 rings (SSSR count). The van der Waals surface area contributed by atoms with Crippen LogP contribution in [0.4, 0.5) is 5.69 Å². The van der Waals surface area contributed by atoms with Gasteiger partial charge in [-0.2, -0.15) is 18.6 Å². The van der Waals surface area contributed by atoms with E-state index in [1.165, 1.54) is 34.9 Å². The van der Waals surface area contributed by atoms with Gasteiger partial charge in [0.1, 0.15) is 5.69 Å². The summed E-state index contributed by atoms with van der Waals surface area (Å²) < 4.78 is 30.2. The summed E-state index contributed by atoms with van der Waals surface area (Å²) in [6, 6.07) is 11.0. The minimum atomic E-state index is -4.01. The maximum atomic E-state index is 12.7. The van der Waals surface area contributed by atoms with Gasteiger partial charge in [-0.15, -0.1) is 0 Å². The molecule has 0 radical (unpaired) electrons. The fourth-order valence-electron chi connectivity index (χ4n) is 2.51. The van der Waals surface area contributed by atoms with E-state index in [-0.39, 0.29) is 16.4 Å². The molecule has 0 unspecified atom stereocenters. The van der Waals surface area contributed by atoms with Crippen molar-refractivity contribution in [3.8, 4) is 0 Å². The number of benzene rings is 1. The monoisotopic (exact) mass is 375 g/mol. The zero-order chi connectivity index (χ0) is 18.7. The number of aryl methyl sites for hydroxylation is 3. The van der Waals surface area contributed by atoms with Crippen molar-refractivity contribution in [3.63, 3.8) is 0 Å². The Morgan fingerprint density at radius 3 is 2.65 bits per heavy atom. The van der Waals surface area contributed by atoms with Gasteiger partial charge < -0.3 is 5.11 Å². The second kappa shape index (κ2) is 7.00. The summed E-state index contributed by atoms with van der Waals surface area (Å²) in [4.78, 5) is 11.2. The molecule has 10 heteroatoms. The third-order valence-electron chi connectivity index (χ3n) is 3.68. The van der Waals surface area contributed by atoms with Crippen LogP contribution in [-0.2, 0) is 30.0 Å². The fraction of sp³-hybridized carbons (Fsp3) is 0.188. The van der Waals surface area contributed by atoms with Gasteiger partial charge in [0.2, 0.25) is 0 Å². The number of sulfonamides is 1. The predicted molar refractivity (Wildman–Crippen MR) is 93.3 cm³/mol. The summed E-state index contributed by atoms with van der Waals surface area (Å²) in [5, 5.41) is 16.9. The zero-order valence-corrected chi connectivity index (χ0v) is 14.7. The lowest BCUT2D eigenvalue weighted by molar-refractivity contribution is 0.0690. The van der Waals surface area contributed by atoms with Gasteiger partial charge in [0, 0.05) is 19.8 Å². The number of carboxylic acid groups (broad SMARTS) is 1. The van der Waals surface area contributed by atoms with Gasteiger partial charge in [-0.25, -0.2) is 4.79 Å². The highest BCUT2D eigenvalue weighted by molar-refractivity contribution is 7.92. The highest BCUT2D eigenvalue weighted by Crippen LogP contribution is 2.19. The first-order valence-electron chi connectivity index (χ1n) is 7.72. The lowest BCUT2D eigenvalue weighted by Gasteiger charge is -2.10. The van der Waals surface area contributed by atoms with Gasteiger partial charge >= 0.3 is 5.97 Å². The third-order valence-corrected chi connectivity index (χ3v) is 5.07. The molecule has 9 nitrogen and oxygen atoms in total. The average molecular weight is 375 g/mol. The van der Waals surface area contributed by atoms with Crippen LogP contribution in [0.3, 0.4) is 0 Å². The van der Waals surface area contributed by atoms with Gasteiger partial charge in [-0.3, -0.25) is 14.1 Å². The second-order valence-corrected chi connectivity index (χ2v) is 7.23. The van der Waals surface area contributed by atoms with Crippen molar-refractivity contribution in [1.29, 1.82) is 0 Å². The van der Waals surface area contributed by atoms with E-state index in [4.69, 9.17) is 5.11 Å². The number of carboxylic acids is 1. The summed E-state index contributed by atoms with van der Waals surface area (Å²) in [7, 11) is -2.51. The quantitative estimate of drug-likeness (QED) is 0.643. The number of hydrogen-bond donors (Lipinski definition) is 2. The summed E-state index contributed by atoms with van der Waals surface area (Å²) in [6.07, 6.45) is 3.30. The van der Waals surface area contributed by atoms with Crippen LogP contribution in [0.1, 0.15) is 16.1 Å². The Morgan fingerprint density at radius 2 is 1.96 bits per heavy atom. The molecule has 0 bridgehead atoms. The van der Waals surface area contributed by atoms with E-state index in [1.807, 2.05) is 30.3 Å². The Morgan fingerprint density at radius 1 is 1.23 bits per heavy atom. The van der Waals surface area contributed by atoms with Crippen LogP contribution in [0, 0.1) is 0 Å². The van der Waals surface area contributed by atoms with Gasteiger partial charge in [-0.1, -0.05) is 30.3 Å². The minimum Gasteiger partial charge on any atom is -0.476 e. The van der Waals surface area contributed by atoms with Gasteiger partial charge in [0.05, 0.1) is 6.20 Å². The molecule has 0 saturated carbocycles. The van der Waals surface area contributed by atoms with Crippen molar-refractivity contribution in [1.82, 2.24) is 19.6 Å². The van der Waals surface area contributed by atoms with E-state index in [1.54, 1.807) is 0 Å². The third kappa shape index (κ3) is 3.75. The molecule has 3 aromatic rings. The minimum absolute atomic E-state index is 0.0476. The number of hydrogen-bond acceptors (Lipinski definition) is 5. The molecule has 0 spiro atoms. The van der Waals surface area contributed by atoms with Crippen LogP contribution >= 0.6 is 0 Å². The maximum Gasteiger partial charge on any atom is 0.358 e. The Kier molecular flexibility index (Phi) is 4.76. The van der Waals surface area contributed by atoms with E-state index in [0.717, 1.165) is 5.56 Å². The van der Waals surface area contributed by atoms with Crippen LogP contribution in [0.15, 0.2) is 53.8 Å². The summed E-state index contributed by atoms with van der Waals surface area (Å²) in [6.45, 7) is 0.367. The fourth-order valence-corrected chi connectivity index (χ4v) is 3.71. The summed E-state index contributed by atoms with van der Waals surface area (Å²) >= 11 is 0. The van der Waals surface area contributed by atoms with Crippen LogP contribution in [0.2, 0.25) is 0 Å². The molecule has 2 N–H and O–H groups in total. The Hall–Kier alpha value is -3.14. The molecule has 2 aromatic heterocycles. The van der Waals surface area contributed by atoms with Crippen molar-refractivity contribution < 1.29 is 18.3 Å². The lowest BCUT2D eigenvalue weighted by atomic mass is 10.1. The van der Waals surface area contributed by atoms with Crippen molar-refractivity contribution in [3.05, 3.63) is 60.0 Å². The SMILES string of the molecule is Cn1cc(NS(=O)(=O)c2ccnn2CCc2ccccc2)c(C(=O)O)n1. The molecule has 26 heavy (non-hydrogen) atoms. The van der Waals surface area contributed by atoms with Crippen molar-refractivity contribution in [2.24, 2.45) is 7.05 Å². The number of aromatic carboxylic acids is 1. The average Bonchev–Trinajstić information content (AvgIpc) is 3.20. The first kappa shape index (κ1) is 17.7. The maximum absolute atomic E-state index is 12.7. The Labute approximate surface area is 149 Å². The van der Waals surface area contributed by atoms with Crippen LogP contribution in [0.25, 0.3) is 0 Å². The van der Waals surface area contributed by atoms with Gasteiger partial charge in [0.25, 0.3) is 10.0 Å². The molecule has 0 aliphatic heterocycles. The predicted octanol–water partition coefficient (Wildman–Crippen LogP) is 1.36. The number of rotatable bonds is 7. The zero-order valence-electron chi connectivity index (χ0n) is 13.9. The van der Waals surface area contributed by atoms with E-state index >= 15 is 0 Å². The van der Waals surface area contributed by atoms with E-state index in [0.29, 0.717) is 13.0 Å². The number of nitrogens with one attached hydrogen (secondary N) is 1. The normalized spacial score (nSPS) is 11.4. The topological polar surface area (TPSA) is 119 Å². The molecule has 0 amide bonds. The van der Waals surface area contributed by atoms with Crippen LogP contribution in [0.5, 0.6) is 0 Å². The molecule has 0 aliphatic carbocycles. The van der Waals surface area contributed by atoms with Crippen LogP contribution in [-0.4, -0.2) is 39.1 Å². The lowest BCUT2D eigenvalue weighted by Crippen LogP contribution is -2.19. The van der Waals surface area contributed by atoms with Gasteiger partial charge in [-0.05, 0) is 18.1 Å². The van der Waals surface area contributed by atoms with Crippen molar-refractivity contribution in [2.45, 2.75) is 18.0 Å². The van der Waals surface area contributed by atoms with E-state index < -0.39 is 16.0 Å². The molecular weight excluding hydrogens is 358 g/mol.